The SMILES string of the molecule is CCOc1ccccc1C(=O)NCC(=O)OC(C)C(=O)NCC(C)C. The van der Waals surface area contributed by atoms with E-state index in [0.717, 1.165) is 0 Å². The molecule has 1 aromatic rings. The first kappa shape index (κ1) is 20.5. The summed E-state index contributed by atoms with van der Waals surface area (Å²) < 4.78 is 10.4. The number of nitrogens with one attached hydrogen (secondary N) is 2. The normalized spacial score (nSPS) is 11.6. The Morgan fingerprint density at radius 2 is 1.76 bits per heavy atom. The van der Waals surface area contributed by atoms with Gasteiger partial charge in [-0.2, -0.15) is 0 Å². The van der Waals surface area contributed by atoms with Crippen LogP contribution in [0.4, 0.5) is 0 Å². The monoisotopic (exact) mass is 350 g/mol. The van der Waals surface area contributed by atoms with Crippen molar-refractivity contribution in [2.24, 2.45) is 5.92 Å². The van der Waals surface area contributed by atoms with E-state index < -0.39 is 18.0 Å². The first-order valence-electron chi connectivity index (χ1n) is 8.32. The average molecular weight is 350 g/mol. The van der Waals surface area contributed by atoms with Crippen LogP contribution in [0.1, 0.15) is 38.1 Å². The molecule has 7 nitrogen and oxygen atoms in total. The van der Waals surface area contributed by atoms with Gasteiger partial charge in [-0.25, -0.2) is 0 Å². The Kier molecular flexibility index (Phi) is 8.46. The molecule has 0 fully saturated rings. The molecule has 0 aliphatic rings. The molecule has 138 valence electrons. The third-order valence-corrected chi connectivity index (χ3v) is 3.19. The molecule has 1 rings (SSSR count). The highest BCUT2D eigenvalue weighted by Crippen LogP contribution is 2.17. The van der Waals surface area contributed by atoms with E-state index in [0.29, 0.717) is 30.4 Å². The van der Waals surface area contributed by atoms with Gasteiger partial charge in [0.05, 0.1) is 12.2 Å². The average Bonchev–Trinajstić information content (AvgIpc) is 2.58. The largest absolute Gasteiger partial charge is 0.493 e. The lowest BCUT2D eigenvalue weighted by Gasteiger charge is -2.15. The molecule has 1 atom stereocenters. The predicted octanol–water partition coefficient (Wildman–Crippen LogP) is 1.52. The number of hydrogen-bond acceptors (Lipinski definition) is 5. The zero-order chi connectivity index (χ0) is 18.8. The predicted molar refractivity (Wildman–Crippen MR) is 93.3 cm³/mol. The van der Waals surface area contributed by atoms with Gasteiger partial charge in [0.1, 0.15) is 12.3 Å². The van der Waals surface area contributed by atoms with Crippen LogP contribution in [-0.2, 0) is 14.3 Å². The van der Waals surface area contributed by atoms with Crippen LogP contribution in [0.15, 0.2) is 24.3 Å². The summed E-state index contributed by atoms with van der Waals surface area (Å²) in [5.74, 6) is -0.753. The minimum absolute atomic E-state index is 0.302. The van der Waals surface area contributed by atoms with Gasteiger partial charge in [0.15, 0.2) is 6.10 Å². The first-order valence-corrected chi connectivity index (χ1v) is 8.32. The van der Waals surface area contributed by atoms with Crippen molar-refractivity contribution in [2.75, 3.05) is 19.7 Å². The Labute approximate surface area is 148 Å². The smallest absolute Gasteiger partial charge is 0.326 e. The highest BCUT2D eigenvalue weighted by Gasteiger charge is 2.19. The standard InChI is InChI=1S/C18H26N2O5/c1-5-24-15-9-7-6-8-14(15)18(23)20-11-16(21)25-13(4)17(22)19-10-12(2)3/h6-9,12-13H,5,10-11H2,1-4H3,(H,19,22)(H,20,23). The van der Waals surface area contributed by atoms with E-state index in [1.807, 2.05) is 20.8 Å². The van der Waals surface area contributed by atoms with Gasteiger partial charge in [-0.3, -0.25) is 14.4 Å². The first-order chi connectivity index (χ1) is 11.8. The van der Waals surface area contributed by atoms with Crippen molar-refractivity contribution in [1.82, 2.24) is 10.6 Å². The summed E-state index contributed by atoms with van der Waals surface area (Å²) in [6.45, 7) is 7.83. The lowest BCUT2D eigenvalue weighted by molar-refractivity contribution is -0.153. The fourth-order valence-electron chi connectivity index (χ4n) is 1.92. The molecule has 0 heterocycles. The van der Waals surface area contributed by atoms with Crippen LogP contribution < -0.4 is 15.4 Å². The Hall–Kier alpha value is -2.57. The van der Waals surface area contributed by atoms with Crippen molar-refractivity contribution in [3.63, 3.8) is 0 Å². The van der Waals surface area contributed by atoms with Crippen molar-refractivity contribution < 1.29 is 23.9 Å². The van der Waals surface area contributed by atoms with Crippen LogP contribution >= 0.6 is 0 Å². The van der Waals surface area contributed by atoms with E-state index in [9.17, 15) is 14.4 Å². The molecule has 7 heteroatoms. The molecule has 0 saturated carbocycles. The number of benzene rings is 1. The number of esters is 1. The van der Waals surface area contributed by atoms with Crippen molar-refractivity contribution in [3.8, 4) is 5.75 Å². The number of carbonyl (C=O) groups is 3. The van der Waals surface area contributed by atoms with Crippen LogP contribution in [-0.4, -0.2) is 43.6 Å². The van der Waals surface area contributed by atoms with Gasteiger partial charge in [-0.15, -0.1) is 0 Å². The lowest BCUT2D eigenvalue weighted by atomic mass is 10.2. The molecule has 0 aliphatic carbocycles. The van der Waals surface area contributed by atoms with Crippen molar-refractivity contribution >= 4 is 17.8 Å². The Balaban J connectivity index is 2.48. The van der Waals surface area contributed by atoms with Crippen LogP contribution in [0.2, 0.25) is 0 Å². The summed E-state index contributed by atoms with van der Waals surface area (Å²) in [6, 6.07) is 6.75. The molecule has 0 radical (unpaired) electrons. The van der Waals surface area contributed by atoms with Gasteiger partial charge in [-0.1, -0.05) is 26.0 Å². The highest BCUT2D eigenvalue weighted by molar-refractivity contribution is 5.98. The van der Waals surface area contributed by atoms with Gasteiger partial charge in [-0.05, 0) is 31.9 Å². The number of rotatable bonds is 9. The molecule has 0 saturated heterocycles. The van der Waals surface area contributed by atoms with Gasteiger partial charge in [0.2, 0.25) is 0 Å². The molecule has 0 spiro atoms. The Morgan fingerprint density at radius 1 is 1.08 bits per heavy atom. The molecule has 1 unspecified atom stereocenters. The molecule has 0 aromatic heterocycles. The maximum Gasteiger partial charge on any atom is 0.326 e. The van der Waals surface area contributed by atoms with E-state index >= 15 is 0 Å². The number of ether oxygens (including phenoxy) is 2. The van der Waals surface area contributed by atoms with Gasteiger partial charge in [0.25, 0.3) is 11.8 Å². The van der Waals surface area contributed by atoms with E-state index in [4.69, 9.17) is 9.47 Å². The maximum absolute atomic E-state index is 12.2. The topological polar surface area (TPSA) is 93.7 Å². The van der Waals surface area contributed by atoms with E-state index in [1.165, 1.54) is 6.92 Å². The summed E-state index contributed by atoms with van der Waals surface area (Å²) in [6.07, 6.45) is -0.918. The summed E-state index contributed by atoms with van der Waals surface area (Å²) in [4.78, 5) is 35.7. The fourth-order valence-corrected chi connectivity index (χ4v) is 1.92. The number of amides is 2. The van der Waals surface area contributed by atoms with Crippen molar-refractivity contribution in [3.05, 3.63) is 29.8 Å². The maximum atomic E-state index is 12.2. The molecule has 0 bridgehead atoms. The Morgan fingerprint density at radius 3 is 2.40 bits per heavy atom. The second-order valence-electron chi connectivity index (χ2n) is 5.88. The molecule has 1 aromatic carbocycles. The quantitative estimate of drug-likeness (QED) is 0.659. The number of hydrogen-bond donors (Lipinski definition) is 2. The second kappa shape index (κ2) is 10.3. The minimum Gasteiger partial charge on any atom is -0.493 e. The zero-order valence-electron chi connectivity index (χ0n) is 15.1. The molecular weight excluding hydrogens is 324 g/mol. The van der Waals surface area contributed by atoms with Crippen LogP contribution in [0.25, 0.3) is 0 Å². The third kappa shape index (κ3) is 7.24. The van der Waals surface area contributed by atoms with Crippen molar-refractivity contribution in [2.45, 2.75) is 33.8 Å². The number of carbonyl (C=O) groups excluding carboxylic acids is 3. The van der Waals surface area contributed by atoms with Gasteiger partial charge in [0, 0.05) is 6.54 Å². The molecule has 25 heavy (non-hydrogen) atoms. The lowest BCUT2D eigenvalue weighted by Crippen LogP contribution is -2.39. The van der Waals surface area contributed by atoms with E-state index in [2.05, 4.69) is 10.6 Å². The van der Waals surface area contributed by atoms with Crippen molar-refractivity contribution in [1.29, 1.82) is 0 Å². The molecular formula is C18H26N2O5. The van der Waals surface area contributed by atoms with Gasteiger partial charge < -0.3 is 20.1 Å². The van der Waals surface area contributed by atoms with Crippen LogP contribution in [0, 0.1) is 5.92 Å². The minimum atomic E-state index is -0.918. The highest BCUT2D eigenvalue weighted by atomic mass is 16.5. The van der Waals surface area contributed by atoms with Crippen LogP contribution in [0.3, 0.4) is 0 Å². The summed E-state index contributed by atoms with van der Waals surface area (Å²) >= 11 is 0. The van der Waals surface area contributed by atoms with E-state index in [-0.39, 0.29) is 12.5 Å². The Bertz CT molecular complexity index is 601. The third-order valence-electron chi connectivity index (χ3n) is 3.19. The molecule has 0 aliphatic heterocycles. The number of para-hydroxylation sites is 1. The zero-order valence-corrected chi connectivity index (χ0v) is 15.1. The van der Waals surface area contributed by atoms with E-state index in [1.54, 1.807) is 24.3 Å². The summed E-state index contributed by atoms with van der Waals surface area (Å²) in [5.41, 5.74) is 0.333. The van der Waals surface area contributed by atoms with Crippen LogP contribution in [0.5, 0.6) is 5.75 Å². The second-order valence-corrected chi connectivity index (χ2v) is 5.88. The summed E-state index contributed by atoms with van der Waals surface area (Å²) in [5, 5.41) is 5.15. The van der Waals surface area contributed by atoms with Gasteiger partial charge >= 0.3 is 5.97 Å². The molecule has 2 N–H and O–H groups in total. The fraction of sp³-hybridized carbons (Fsp3) is 0.500. The molecule has 2 amide bonds. The summed E-state index contributed by atoms with van der Waals surface area (Å²) in [7, 11) is 0.